The SMILES string of the molecule is O=C(CCN1CCCC1)N1CCN(S(=O)(=O)c2ccc3c(c2)OCO3)CC1. The monoisotopic (exact) mass is 395 g/mol. The largest absolute Gasteiger partial charge is 0.454 e. The van der Waals surface area contributed by atoms with E-state index in [0.29, 0.717) is 44.1 Å². The number of amides is 1. The summed E-state index contributed by atoms with van der Waals surface area (Å²) in [6, 6.07) is 4.66. The van der Waals surface area contributed by atoms with Gasteiger partial charge in [-0.05, 0) is 38.1 Å². The first kappa shape index (κ1) is 18.5. The summed E-state index contributed by atoms with van der Waals surface area (Å²) in [7, 11) is -3.61. The van der Waals surface area contributed by atoms with Gasteiger partial charge in [0.1, 0.15) is 0 Å². The van der Waals surface area contributed by atoms with Crippen LogP contribution in [-0.4, -0.2) is 81.0 Å². The number of rotatable bonds is 5. The average molecular weight is 395 g/mol. The van der Waals surface area contributed by atoms with Crippen LogP contribution in [0.25, 0.3) is 0 Å². The first-order valence-electron chi connectivity index (χ1n) is 9.44. The van der Waals surface area contributed by atoms with Crippen LogP contribution >= 0.6 is 0 Å². The number of sulfonamides is 1. The lowest BCUT2D eigenvalue weighted by Gasteiger charge is -2.34. The molecule has 2 saturated heterocycles. The minimum atomic E-state index is -3.61. The Labute approximate surface area is 159 Å². The van der Waals surface area contributed by atoms with Crippen LogP contribution < -0.4 is 9.47 Å². The van der Waals surface area contributed by atoms with E-state index in [9.17, 15) is 13.2 Å². The van der Waals surface area contributed by atoms with E-state index in [1.54, 1.807) is 11.0 Å². The lowest BCUT2D eigenvalue weighted by Crippen LogP contribution is -2.50. The van der Waals surface area contributed by atoms with Crippen molar-refractivity contribution in [3.8, 4) is 11.5 Å². The zero-order chi connectivity index (χ0) is 18.9. The Morgan fingerprint density at radius 2 is 1.67 bits per heavy atom. The standard InChI is InChI=1S/C18H25N3O5S/c22-18(5-8-19-6-1-2-7-19)20-9-11-21(12-10-20)27(23,24)15-3-4-16-17(13-15)26-14-25-16/h3-4,13H,1-2,5-12,14H2. The molecule has 3 heterocycles. The molecule has 27 heavy (non-hydrogen) atoms. The lowest BCUT2D eigenvalue weighted by atomic mass is 10.3. The predicted molar refractivity (Wildman–Crippen MR) is 98.2 cm³/mol. The number of carbonyl (C=O) groups is 1. The van der Waals surface area contributed by atoms with Crippen molar-refractivity contribution < 1.29 is 22.7 Å². The van der Waals surface area contributed by atoms with E-state index in [4.69, 9.17) is 9.47 Å². The van der Waals surface area contributed by atoms with Crippen molar-refractivity contribution in [2.75, 3.05) is 52.6 Å². The summed E-state index contributed by atoms with van der Waals surface area (Å²) in [6.07, 6.45) is 2.93. The summed E-state index contributed by atoms with van der Waals surface area (Å²) in [6.45, 7) is 4.55. The van der Waals surface area contributed by atoms with Gasteiger partial charge >= 0.3 is 0 Å². The van der Waals surface area contributed by atoms with Crippen molar-refractivity contribution in [2.45, 2.75) is 24.2 Å². The summed E-state index contributed by atoms with van der Waals surface area (Å²) in [5.41, 5.74) is 0. The Balaban J connectivity index is 1.33. The normalized spacial score (nSPS) is 21.0. The van der Waals surface area contributed by atoms with E-state index in [1.165, 1.54) is 29.3 Å². The molecule has 1 amide bonds. The molecule has 0 unspecified atom stereocenters. The Kier molecular flexibility index (Phi) is 5.25. The summed E-state index contributed by atoms with van der Waals surface area (Å²) in [5.74, 6) is 1.12. The highest BCUT2D eigenvalue weighted by Crippen LogP contribution is 2.34. The van der Waals surface area contributed by atoms with Gasteiger partial charge in [0.15, 0.2) is 11.5 Å². The highest BCUT2D eigenvalue weighted by atomic mass is 32.2. The Morgan fingerprint density at radius 1 is 0.963 bits per heavy atom. The van der Waals surface area contributed by atoms with E-state index in [-0.39, 0.29) is 17.6 Å². The molecule has 1 aromatic rings. The smallest absolute Gasteiger partial charge is 0.243 e. The maximum atomic E-state index is 12.9. The van der Waals surface area contributed by atoms with E-state index < -0.39 is 10.0 Å². The van der Waals surface area contributed by atoms with Gasteiger partial charge in [-0.25, -0.2) is 8.42 Å². The fraction of sp³-hybridized carbons (Fsp3) is 0.611. The van der Waals surface area contributed by atoms with Gasteiger partial charge < -0.3 is 19.3 Å². The maximum Gasteiger partial charge on any atom is 0.243 e. The maximum absolute atomic E-state index is 12.9. The zero-order valence-electron chi connectivity index (χ0n) is 15.3. The molecule has 9 heteroatoms. The van der Waals surface area contributed by atoms with E-state index in [1.807, 2.05) is 0 Å². The van der Waals surface area contributed by atoms with Gasteiger partial charge in [-0.15, -0.1) is 0 Å². The van der Waals surface area contributed by atoms with Crippen LogP contribution in [0.4, 0.5) is 0 Å². The van der Waals surface area contributed by atoms with E-state index in [2.05, 4.69) is 4.90 Å². The molecule has 0 bridgehead atoms. The zero-order valence-corrected chi connectivity index (χ0v) is 16.1. The molecule has 4 rings (SSSR count). The van der Waals surface area contributed by atoms with E-state index >= 15 is 0 Å². The minimum absolute atomic E-state index is 0.108. The number of ether oxygens (including phenoxy) is 2. The summed E-state index contributed by atoms with van der Waals surface area (Å²) < 4.78 is 37.7. The Morgan fingerprint density at radius 3 is 2.41 bits per heavy atom. The quantitative estimate of drug-likeness (QED) is 0.732. The van der Waals surface area contributed by atoms with Gasteiger partial charge in [-0.3, -0.25) is 4.79 Å². The molecule has 3 aliphatic heterocycles. The highest BCUT2D eigenvalue weighted by molar-refractivity contribution is 7.89. The van der Waals surface area contributed by atoms with Crippen LogP contribution in [0.2, 0.25) is 0 Å². The summed E-state index contributed by atoms with van der Waals surface area (Å²) >= 11 is 0. The second kappa shape index (κ2) is 7.65. The Bertz CT molecular complexity index is 799. The van der Waals surface area contributed by atoms with E-state index in [0.717, 1.165) is 19.6 Å². The first-order valence-corrected chi connectivity index (χ1v) is 10.9. The topological polar surface area (TPSA) is 79.4 Å². The van der Waals surface area contributed by atoms with Gasteiger partial charge in [0.05, 0.1) is 4.90 Å². The van der Waals surface area contributed by atoms with Gasteiger partial charge in [-0.1, -0.05) is 0 Å². The molecular formula is C18H25N3O5S. The molecular weight excluding hydrogens is 370 g/mol. The van der Waals surface area contributed by atoms with Crippen molar-refractivity contribution in [3.05, 3.63) is 18.2 Å². The number of benzene rings is 1. The third-order valence-corrected chi connectivity index (χ3v) is 7.31. The van der Waals surface area contributed by atoms with Crippen LogP contribution in [0.3, 0.4) is 0 Å². The number of carbonyl (C=O) groups excluding carboxylic acids is 1. The molecule has 3 aliphatic rings. The van der Waals surface area contributed by atoms with Crippen molar-refractivity contribution in [2.24, 2.45) is 0 Å². The van der Waals surface area contributed by atoms with Gasteiger partial charge in [-0.2, -0.15) is 4.31 Å². The van der Waals surface area contributed by atoms with Crippen LogP contribution in [0.15, 0.2) is 23.1 Å². The number of hydrogen-bond donors (Lipinski definition) is 0. The average Bonchev–Trinajstić information content (AvgIpc) is 3.37. The molecule has 0 radical (unpaired) electrons. The molecule has 0 aromatic heterocycles. The molecule has 0 saturated carbocycles. The highest BCUT2D eigenvalue weighted by Gasteiger charge is 2.31. The predicted octanol–water partition coefficient (Wildman–Crippen LogP) is 0.734. The fourth-order valence-corrected chi connectivity index (χ4v) is 5.22. The molecule has 0 N–H and O–H groups in total. The molecule has 2 fully saturated rings. The molecule has 0 spiro atoms. The minimum Gasteiger partial charge on any atom is -0.454 e. The van der Waals surface area contributed by atoms with Crippen LogP contribution in [0, 0.1) is 0 Å². The second-order valence-corrected chi connectivity index (χ2v) is 9.04. The molecule has 0 aliphatic carbocycles. The second-order valence-electron chi connectivity index (χ2n) is 7.10. The summed E-state index contributed by atoms with van der Waals surface area (Å²) in [4.78, 5) is 16.7. The van der Waals surface area contributed by atoms with Gasteiger partial charge in [0.25, 0.3) is 0 Å². The molecule has 1 aromatic carbocycles. The number of nitrogens with zero attached hydrogens (tertiary/aromatic N) is 3. The lowest BCUT2D eigenvalue weighted by molar-refractivity contribution is -0.132. The third-order valence-electron chi connectivity index (χ3n) is 5.41. The third kappa shape index (κ3) is 3.90. The van der Waals surface area contributed by atoms with Crippen LogP contribution in [-0.2, 0) is 14.8 Å². The van der Waals surface area contributed by atoms with Gasteiger partial charge in [0, 0.05) is 45.2 Å². The van der Waals surface area contributed by atoms with Crippen LogP contribution in [0.5, 0.6) is 11.5 Å². The van der Waals surface area contributed by atoms with Gasteiger partial charge in [0.2, 0.25) is 22.7 Å². The van der Waals surface area contributed by atoms with Crippen molar-refractivity contribution in [1.29, 1.82) is 0 Å². The number of fused-ring (bicyclic) bond motifs is 1. The number of hydrogen-bond acceptors (Lipinski definition) is 6. The Hall–Kier alpha value is -1.84. The summed E-state index contributed by atoms with van der Waals surface area (Å²) in [5, 5.41) is 0. The molecule has 8 nitrogen and oxygen atoms in total. The number of likely N-dealkylation sites (tertiary alicyclic amines) is 1. The fourth-order valence-electron chi connectivity index (χ4n) is 3.78. The molecule has 148 valence electrons. The van der Waals surface area contributed by atoms with Crippen molar-refractivity contribution in [3.63, 3.8) is 0 Å². The first-order chi connectivity index (χ1) is 13.0. The molecule has 0 atom stereocenters. The van der Waals surface area contributed by atoms with Crippen molar-refractivity contribution in [1.82, 2.24) is 14.1 Å². The number of piperazine rings is 1. The van der Waals surface area contributed by atoms with Crippen LogP contribution in [0.1, 0.15) is 19.3 Å². The van der Waals surface area contributed by atoms with Crippen molar-refractivity contribution >= 4 is 15.9 Å².